The van der Waals surface area contributed by atoms with Crippen molar-refractivity contribution in [3.8, 4) is 0 Å². The minimum absolute atomic E-state index is 0.855. The van der Waals surface area contributed by atoms with Crippen molar-refractivity contribution in [2.45, 2.75) is 224 Å². The number of aryl methyl sites for hydroxylation is 2. The molecule has 308 valence electrons. The van der Waals surface area contributed by atoms with Gasteiger partial charge in [-0.25, -0.2) is 0 Å². The Balaban J connectivity index is 0.000000567. The van der Waals surface area contributed by atoms with Crippen molar-refractivity contribution in [2.75, 3.05) is 0 Å². The van der Waals surface area contributed by atoms with E-state index >= 15 is 0 Å². The Morgan fingerprint density at radius 3 is 1.26 bits per heavy atom. The Labute approximate surface area is 344 Å². The molecule has 0 N–H and O–H groups in total. The molecule has 0 bridgehead atoms. The molecule has 0 saturated heterocycles. The number of benzene rings is 2. The van der Waals surface area contributed by atoms with E-state index < -0.39 is 0 Å². The van der Waals surface area contributed by atoms with Crippen molar-refractivity contribution < 1.29 is 22.8 Å². The first-order valence-corrected chi connectivity index (χ1v) is 25.1. The molecule has 0 aliphatic heterocycles. The predicted octanol–water partition coefficient (Wildman–Crippen LogP) is 17.2. The van der Waals surface area contributed by atoms with Crippen LogP contribution in [0.5, 0.6) is 0 Å². The molecule has 2 rings (SSSR count). The molecule has 2 nitrogen and oxygen atoms in total. The SMILES string of the molecule is CCCCCCCCCC[CH2][Pd][CH2]CCCCCCCCCC.CCCCCc1ccc(C(=CC(=C=[N+]=[N-])CCCC)c2ccc(CCCC)cc2)cc1. The maximum atomic E-state index is 9.11. The number of allylic oxidation sites excluding steroid dienone is 2. The average Bonchev–Trinajstić information content (AvgIpc) is 3.20. The van der Waals surface area contributed by atoms with E-state index in [9.17, 15) is 0 Å². The minimum atomic E-state index is 0.855. The second-order valence-corrected chi connectivity index (χ2v) is 17.8. The molecule has 0 saturated carbocycles. The third-order valence-electron chi connectivity index (χ3n) is 10.4. The first-order valence-electron chi connectivity index (χ1n) is 22.9. The van der Waals surface area contributed by atoms with Gasteiger partial charge in [0.15, 0.2) is 0 Å². The van der Waals surface area contributed by atoms with E-state index in [-0.39, 0.29) is 0 Å². The van der Waals surface area contributed by atoms with Gasteiger partial charge >= 0.3 is 163 Å². The van der Waals surface area contributed by atoms with Crippen molar-refractivity contribution in [1.29, 1.82) is 0 Å². The Kier molecular flexibility index (Phi) is 35.1. The van der Waals surface area contributed by atoms with Crippen LogP contribution in [0.2, 0.25) is 9.79 Å². The van der Waals surface area contributed by atoms with Gasteiger partial charge in [-0.3, -0.25) is 0 Å². The van der Waals surface area contributed by atoms with Gasteiger partial charge in [0, 0.05) is 0 Å². The van der Waals surface area contributed by atoms with Crippen LogP contribution in [0.25, 0.3) is 11.1 Å². The maximum absolute atomic E-state index is 9.11. The van der Waals surface area contributed by atoms with Crippen molar-refractivity contribution >= 4 is 11.4 Å². The van der Waals surface area contributed by atoms with Crippen LogP contribution in [0, 0.1) is 0 Å². The summed E-state index contributed by atoms with van der Waals surface area (Å²) >= 11 is 1.07. The first-order chi connectivity index (χ1) is 26.6. The first kappa shape index (κ1) is 50.0. The number of hydrogen-bond acceptors (Lipinski definition) is 0. The molecule has 0 radical (unpaired) electrons. The zero-order valence-electron chi connectivity index (χ0n) is 36.1. The van der Waals surface area contributed by atoms with Crippen LogP contribution in [0.15, 0.2) is 60.2 Å². The van der Waals surface area contributed by atoms with E-state index in [1.54, 1.807) is 9.79 Å². The van der Waals surface area contributed by atoms with Gasteiger partial charge in [-0.05, 0) is 72.4 Å². The molecule has 54 heavy (non-hydrogen) atoms. The smallest absolute Gasteiger partial charge is 0.303 e. The minimum Gasteiger partial charge on any atom is -0.348 e. The van der Waals surface area contributed by atoms with Crippen LogP contribution in [0.4, 0.5) is 0 Å². The Hall–Kier alpha value is -2.00. The van der Waals surface area contributed by atoms with Crippen molar-refractivity contribution in [3.63, 3.8) is 0 Å². The second kappa shape index (κ2) is 37.9. The fourth-order valence-corrected chi connectivity index (χ4v) is 8.72. The van der Waals surface area contributed by atoms with Crippen molar-refractivity contribution in [1.82, 2.24) is 0 Å². The molecule has 3 heteroatoms. The molecule has 0 atom stereocenters. The summed E-state index contributed by atoms with van der Waals surface area (Å²) in [5.41, 5.74) is 16.4. The normalized spacial score (nSPS) is 11.2. The van der Waals surface area contributed by atoms with Gasteiger partial charge in [-0.2, -0.15) is 0 Å². The van der Waals surface area contributed by atoms with Gasteiger partial charge < -0.3 is 5.53 Å². The maximum Gasteiger partial charge on any atom is 0.303 e. The molecule has 0 aromatic heterocycles. The van der Waals surface area contributed by atoms with Crippen molar-refractivity contribution in [2.24, 2.45) is 0 Å². The summed E-state index contributed by atoms with van der Waals surface area (Å²) in [6.07, 6.45) is 40.2. The van der Waals surface area contributed by atoms with Crippen molar-refractivity contribution in [3.05, 3.63) is 88.0 Å². The van der Waals surface area contributed by atoms with Gasteiger partial charge in [-0.15, -0.1) is 4.79 Å². The van der Waals surface area contributed by atoms with E-state index in [1.807, 2.05) is 0 Å². The Morgan fingerprint density at radius 1 is 0.481 bits per heavy atom. The molecular formula is C51H84N2Pd. The van der Waals surface area contributed by atoms with Gasteiger partial charge in [0.2, 0.25) is 0 Å². The molecule has 0 unspecified atom stereocenters. The van der Waals surface area contributed by atoms with Crippen LogP contribution < -0.4 is 0 Å². The number of hydrogen-bond donors (Lipinski definition) is 0. The standard InChI is InChI=1S/C29H38N2.2C11H23.Pd/c1-4-7-10-13-25-16-20-28(21-17-25)29(22-26(23-31-30)12-9-6-3)27-18-14-24(15-19-27)11-8-5-2;2*1-3-5-7-9-11-10-8-6-4-2;/h14-22H,4-13H2,1-3H3;2*1,3-11H2,2H3;. The summed E-state index contributed by atoms with van der Waals surface area (Å²) < 4.78 is 0. The molecule has 2 aromatic rings. The summed E-state index contributed by atoms with van der Waals surface area (Å²) in [5.74, 6) is 2.79. The van der Waals surface area contributed by atoms with Gasteiger partial charge in [0.1, 0.15) is 0 Å². The van der Waals surface area contributed by atoms with E-state index in [4.69, 9.17) is 5.53 Å². The van der Waals surface area contributed by atoms with E-state index in [1.165, 1.54) is 170 Å². The molecular weight excluding hydrogens is 747 g/mol. The summed E-state index contributed by atoms with van der Waals surface area (Å²) in [7, 11) is 0. The van der Waals surface area contributed by atoms with Gasteiger partial charge in [0.25, 0.3) is 0 Å². The summed E-state index contributed by atoms with van der Waals surface area (Å²) in [5, 5.41) is 0. The number of rotatable bonds is 33. The van der Waals surface area contributed by atoms with Crippen LogP contribution in [-0.2, 0) is 30.8 Å². The third kappa shape index (κ3) is 27.6. The molecule has 0 fully saturated rings. The molecule has 0 aliphatic rings. The van der Waals surface area contributed by atoms with E-state index in [0.717, 1.165) is 61.2 Å². The van der Waals surface area contributed by atoms with Crippen LogP contribution in [-0.4, -0.2) is 10.7 Å². The molecule has 0 heterocycles. The van der Waals surface area contributed by atoms with Gasteiger partial charge in [-0.1, -0.05) is 95.0 Å². The van der Waals surface area contributed by atoms with Crippen LogP contribution in [0.3, 0.4) is 0 Å². The third-order valence-corrected chi connectivity index (χ3v) is 12.6. The van der Waals surface area contributed by atoms with Crippen LogP contribution in [0.1, 0.15) is 224 Å². The fraction of sp³-hybridized carbons (Fsp3) is 0.686. The summed E-state index contributed by atoms with van der Waals surface area (Å²) in [6.45, 7) is 11.2. The van der Waals surface area contributed by atoms with Gasteiger partial charge in [0.05, 0.1) is 5.57 Å². The molecule has 2 aromatic carbocycles. The molecule has 0 spiro atoms. The average molecular weight is 832 g/mol. The monoisotopic (exact) mass is 831 g/mol. The number of unbranched alkanes of at least 4 members (excludes halogenated alkanes) is 20. The largest absolute Gasteiger partial charge is 0.348 e. The topological polar surface area (TPSA) is 36.4 Å². The predicted molar refractivity (Wildman–Crippen MR) is 238 cm³/mol. The zero-order chi connectivity index (χ0) is 39.2. The molecule has 0 aliphatic carbocycles. The fourth-order valence-electron chi connectivity index (χ4n) is 6.78. The number of nitrogens with zero attached hydrogens (tertiary/aromatic N) is 2. The van der Waals surface area contributed by atoms with Crippen LogP contribution >= 0.6 is 0 Å². The summed E-state index contributed by atoms with van der Waals surface area (Å²) in [4.78, 5) is 6.29. The zero-order valence-corrected chi connectivity index (χ0v) is 37.7. The van der Waals surface area contributed by atoms with E-state index in [2.05, 4.69) is 99.9 Å². The Bertz CT molecular complexity index is 1210. The van der Waals surface area contributed by atoms with E-state index in [0.29, 0.717) is 0 Å². The summed E-state index contributed by atoms with van der Waals surface area (Å²) in [6, 6.07) is 17.9. The molecule has 0 amide bonds. The Morgan fingerprint density at radius 2 is 0.852 bits per heavy atom. The second-order valence-electron chi connectivity index (χ2n) is 15.5. The quantitative estimate of drug-likeness (QED) is 0.0172.